The minimum Gasteiger partial charge on any atom is -0.461 e. The Morgan fingerprint density at radius 2 is 2.25 bits per heavy atom. The summed E-state index contributed by atoms with van der Waals surface area (Å²) in [6.07, 6.45) is 6.57. The highest BCUT2D eigenvalue weighted by molar-refractivity contribution is 8.05. The summed E-state index contributed by atoms with van der Waals surface area (Å²) in [4.78, 5) is 27.7. The number of aliphatic hydroxyl groups excluding tert-OH is 1. The van der Waals surface area contributed by atoms with Crippen molar-refractivity contribution in [1.29, 1.82) is 0 Å². The molecule has 28 heavy (non-hydrogen) atoms. The molecule has 2 aromatic rings. The summed E-state index contributed by atoms with van der Waals surface area (Å²) < 4.78 is 5.27. The SMILES string of the molecule is NC(=NC1CCN(c2nccc(C=C3SC(O)NC3=O)n2)CC1)c1ccco1. The average molecular weight is 400 g/mol. The van der Waals surface area contributed by atoms with Crippen molar-refractivity contribution in [3.63, 3.8) is 0 Å². The van der Waals surface area contributed by atoms with Gasteiger partial charge < -0.3 is 25.5 Å². The van der Waals surface area contributed by atoms with E-state index in [1.54, 1.807) is 36.7 Å². The predicted octanol–water partition coefficient (Wildman–Crippen LogP) is 0.924. The van der Waals surface area contributed by atoms with Crippen LogP contribution in [0.5, 0.6) is 0 Å². The molecule has 0 radical (unpaired) electrons. The van der Waals surface area contributed by atoms with Crippen LogP contribution in [-0.4, -0.2) is 51.5 Å². The zero-order valence-electron chi connectivity index (χ0n) is 15.0. The number of aliphatic imine (C=N–C) groups is 1. The summed E-state index contributed by atoms with van der Waals surface area (Å²) in [6, 6.07) is 5.44. The topological polar surface area (TPSA) is 130 Å². The fourth-order valence-corrected chi connectivity index (χ4v) is 3.86. The van der Waals surface area contributed by atoms with Gasteiger partial charge in [0.15, 0.2) is 17.2 Å². The lowest BCUT2D eigenvalue weighted by atomic mass is 10.1. The van der Waals surface area contributed by atoms with Gasteiger partial charge in [-0.25, -0.2) is 9.97 Å². The highest BCUT2D eigenvalue weighted by Crippen LogP contribution is 2.27. The second kappa shape index (κ2) is 8.03. The van der Waals surface area contributed by atoms with Crippen molar-refractivity contribution in [3.8, 4) is 0 Å². The molecule has 2 saturated heterocycles. The zero-order valence-corrected chi connectivity index (χ0v) is 15.8. The molecule has 2 aliphatic heterocycles. The number of rotatable bonds is 4. The lowest BCUT2D eigenvalue weighted by molar-refractivity contribution is -0.117. The number of carbonyl (C=O) groups excluding carboxylic acids is 1. The smallest absolute Gasteiger partial charge is 0.260 e. The molecule has 1 unspecified atom stereocenters. The summed E-state index contributed by atoms with van der Waals surface area (Å²) in [5.74, 6) is 1.32. The first-order valence-electron chi connectivity index (χ1n) is 8.91. The van der Waals surface area contributed by atoms with Crippen LogP contribution in [0.25, 0.3) is 6.08 Å². The third-order valence-corrected chi connectivity index (χ3v) is 5.40. The minimum atomic E-state index is -0.909. The number of anilines is 1. The van der Waals surface area contributed by atoms with Gasteiger partial charge in [-0.1, -0.05) is 11.8 Å². The van der Waals surface area contributed by atoms with E-state index in [9.17, 15) is 9.90 Å². The molecule has 4 heterocycles. The number of nitrogens with one attached hydrogen (secondary N) is 1. The predicted molar refractivity (Wildman–Crippen MR) is 106 cm³/mol. The molecule has 0 aliphatic carbocycles. The van der Waals surface area contributed by atoms with Gasteiger partial charge in [0, 0.05) is 19.3 Å². The lowest BCUT2D eigenvalue weighted by Gasteiger charge is -2.30. The maximum Gasteiger partial charge on any atom is 0.260 e. The second-order valence-corrected chi connectivity index (χ2v) is 7.57. The highest BCUT2D eigenvalue weighted by Gasteiger charge is 2.26. The first kappa shape index (κ1) is 18.5. The van der Waals surface area contributed by atoms with Gasteiger partial charge in [-0.05, 0) is 37.1 Å². The number of piperidine rings is 1. The van der Waals surface area contributed by atoms with Crippen LogP contribution in [0.15, 0.2) is 45.0 Å². The second-order valence-electron chi connectivity index (χ2n) is 6.44. The Labute approximate surface area is 165 Å². The van der Waals surface area contributed by atoms with Crippen LogP contribution in [0.3, 0.4) is 0 Å². The van der Waals surface area contributed by atoms with Gasteiger partial charge in [0.2, 0.25) is 5.95 Å². The highest BCUT2D eigenvalue weighted by atomic mass is 32.2. The third kappa shape index (κ3) is 4.18. The Hall–Kier alpha value is -2.85. The van der Waals surface area contributed by atoms with Crippen molar-refractivity contribution < 1.29 is 14.3 Å². The molecule has 10 heteroatoms. The van der Waals surface area contributed by atoms with Crippen LogP contribution in [0, 0.1) is 0 Å². The van der Waals surface area contributed by atoms with Gasteiger partial charge in [0.05, 0.1) is 22.9 Å². The Balaban J connectivity index is 1.40. The summed E-state index contributed by atoms with van der Waals surface area (Å²) in [7, 11) is 0. The van der Waals surface area contributed by atoms with E-state index < -0.39 is 5.56 Å². The van der Waals surface area contributed by atoms with Crippen LogP contribution < -0.4 is 16.0 Å². The number of hydrogen-bond acceptors (Lipinski definition) is 8. The standard InChI is InChI=1S/C18H20N6O3S/c19-15(13-2-1-9-27-13)21-11-4-7-24(8-5-11)17-20-6-3-12(22-17)10-14-16(25)23-18(26)28-14/h1-3,6,9-11,18,26H,4-5,7-8H2,(H2,19,21)(H,23,25). The van der Waals surface area contributed by atoms with Crippen LogP contribution in [0.2, 0.25) is 0 Å². The molecular formula is C18H20N6O3S. The largest absolute Gasteiger partial charge is 0.461 e. The minimum absolute atomic E-state index is 0.131. The monoisotopic (exact) mass is 400 g/mol. The van der Waals surface area contributed by atoms with E-state index in [1.165, 1.54) is 0 Å². The third-order valence-electron chi connectivity index (χ3n) is 4.50. The van der Waals surface area contributed by atoms with E-state index >= 15 is 0 Å². The molecule has 0 bridgehead atoms. The number of amides is 1. The van der Waals surface area contributed by atoms with Crippen molar-refractivity contribution in [2.45, 2.75) is 24.4 Å². The van der Waals surface area contributed by atoms with Gasteiger partial charge in [0.1, 0.15) is 0 Å². The fraction of sp³-hybridized carbons (Fsp3) is 0.333. The number of thioether (sulfide) groups is 1. The van der Waals surface area contributed by atoms with Crippen molar-refractivity contribution >= 4 is 35.5 Å². The summed E-state index contributed by atoms with van der Waals surface area (Å²) >= 11 is 1.06. The molecule has 0 spiro atoms. The lowest BCUT2D eigenvalue weighted by Crippen LogP contribution is -2.37. The number of carbonyl (C=O) groups is 1. The van der Waals surface area contributed by atoms with Crippen LogP contribution in [-0.2, 0) is 4.79 Å². The molecule has 146 valence electrons. The Morgan fingerprint density at radius 3 is 2.93 bits per heavy atom. The molecule has 2 fully saturated rings. The van der Waals surface area contributed by atoms with E-state index in [-0.39, 0.29) is 11.9 Å². The van der Waals surface area contributed by atoms with Crippen molar-refractivity contribution in [3.05, 3.63) is 47.0 Å². The first-order valence-corrected chi connectivity index (χ1v) is 9.79. The normalized spacial score (nSPS) is 22.7. The zero-order chi connectivity index (χ0) is 19.5. The molecule has 2 aromatic heterocycles. The molecule has 0 saturated carbocycles. The number of amidine groups is 1. The Morgan fingerprint density at radius 1 is 1.43 bits per heavy atom. The number of hydrogen-bond donors (Lipinski definition) is 3. The Bertz CT molecular complexity index is 906. The first-order chi connectivity index (χ1) is 13.6. The number of aromatic nitrogens is 2. The molecular weight excluding hydrogens is 380 g/mol. The molecule has 1 amide bonds. The molecule has 1 atom stereocenters. The fourth-order valence-electron chi connectivity index (χ4n) is 3.09. The van der Waals surface area contributed by atoms with Gasteiger partial charge in [-0.3, -0.25) is 9.79 Å². The van der Waals surface area contributed by atoms with Gasteiger partial charge in [0.25, 0.3) is 5.91 Å². The van der Waals surface area contributed by atoms with Crippen molar-refractivity contribution in [2.75, 3.05) is 18.0 Å². The molecule has 9 nitrogen and oxygen atoms in total. The van der Waals surface area contributed by atoms with Gasteiger partial charge in [-0.15, -0.1) is 0 Å². The van der Waals surface area contributed by atoms with Crippen LogP contribution in [0.1, 0.15) is 24.3 Å². The molecule has 0 aromatic carbocycles. The summed E-state index contributed by atoms with van der Waals surface area (Å²) in [6.45, 7) is 1.52. The van der Waals surface area contributed by atoms with E-state index in [2.05, 4.69) is 25.2 Å². The van der Waals surface area contributed by atoms with E-state index in [1.807, 2.05) is 0 Å². The molecule has 2 aliphatic rings. The Kier molecular flexibility index (Phi) is 5.31. The maximum absolute atomic E-state index is 11.7. The number of aliphatic hydroxyl groups is 1. The number of nitrogens with zero attached hydrogens (tertiary/aromatic N) is 4. The maximum atomic E-state index is 11.7. The quantitative estimate of drug-likeness (QED) is 0.392. The number of furan rings is 1. The summed E-state index contributed by atoms with van der Waals surface area (Å²) in [5, 5.41) is 11.9. The van der Waals surface area contributed by atoms with E-state index in [4.69, 9.17) is 10.2 Å². The number of nitrogens with two attached hydrogens (primary N) is 1. The average Bonchev–Trinajstić information content (AvgIpc) is 3.33. The van der Waals surface area contributed by atoms with Gasteiger partial charge in [-0.2, -0.15) is 0 Å². The van der Waals surface area contributed by atoms with E-state index in [0.717, 1.165) is 37.7 Å². The summed E-state index contributed by atoms with van der Waals surface area (Å²) in [5.41, 5.74) is 5.71. The molecule has 4 N–H and O–H groups in total. The van der Waals surface area contributed by atoms with E-state index in [0.29, 0.717) is 28.1 Å². The van der Waals surface area contributed by atoms with Crippen LogP contribution >= 0.6 is 11.8 Å². The van der Waals surface area contributed by atoms with Gasteiger partial charge >= 0.3 is 0 Å². The van der Waals surface area contributed by atoms with Crippen molar-refractivity contribution in [1.82, 2.24) is 15.3 Å². The molecule has 4 rings (SSSR count). The van der Waals surface area contributed by atoms with Crippen molar-refractivity contribution in [2.24, 2.45) is 10.7 Å². The van der Waals surface area contributed by atoms with Crippen LogP contribution in [0.4, 0.5) is 5.95 Å².